The predicted octanol–water partition coefficient (Wildman–Crippen LogP) is 2.80. The molecular weight excluding hydrogens is 248 g/mol. The first-order valence-corrected chi connectivity index (χ1v) is 6.63. The molecule has 0 amide bonds. The molecular formula is C14H23ClN2O. The number of halogens is 1. The van der Waals surface area contributed by atoms with Crippen LogP contribution in [0.1, 0.15) is 31.4 Å². The van der Waals surface area contributed by atoms with Crippen molar-refractivity contribution in [3.05, 3.63) is 30.1 Å². The number of hydrogen-bond donors (Lipinski definition) is 1. The maximum atomic E-state index is 5.63. The fourth-order valence-electron chi connectivity index (χ4n) is 2.30. The molecule has 1 saturated heterocycles. The second kappa shape index (κ2) is 9.31. The summed E-state index contributed by atoms with van der Waals surface area (Å²) < 4.78 is 5.63. The average Bonchev–Trinajstić information content (AvgIpc) is 2.41. The van der Waals surface area contributed by atoms with Crippen LogP contribution in [0.3, 0.4) is 0 Å². The summed E-state index contributed by atoms with van der Waals surface area (Å²) in [4.78, 5) is 4.23. The van der Waals surface area contributed by atoms with E-state index >= 15 is 0 Å². The van der Waals surface area contributed by atoms with Crippen LogP contribution in [0.4, 0.5) is 0 Å². The highest BCUT2D eigenvalue weighted by molar-refractivity contribution is 5.85. The van der Waals surface area contributed by atoms with Gasteiger partial charge in [-0.15, -0.1) is 12.4 Å². The van der Waals surface area contributed by atoms with Gasteiger partial charge in [0.1, 0.15) is 0 Å². The van der Waals surface area contributed by atoms with Crippen molar-refractivity contribution in [3.8, 4) is 0 Å². The van der Waals surface area contributed by atoms with E-state index in [2.05, 4.69) is 10.3 Å². The normalized spacial score (nSPS) is 16.2. The molecule has 2 rings (SSSR count). The Kier molecular flexibility index (Phi) is 7.98. The van der Waals surface area contributed by atoms with Gasteiger partial charge in [-0.2, -0.15) is 0 Å². The molecule has 0 radical (unpaired) electrons. The number of rotatable bonds is 6. The Hall–Kier alpha value is -0.640. The SMILES string of the molecule is Cl.c1ccc(COCCCC2CCNCC2)nc1. The minimum absolute atomic E-state index is 0. The third kappa shape index (κ3) is 5.80. The quantitative estimate of drug-likeness (QED) is 0.807. The van der Waals surface area contributed by atoms with Crippen LogP contribution >= 0.6 is 12.4 Å². The molecule has 0 saturated carbocycles. The number of nitrogens with one attached hydrogen (secondary N) is 1. The van der Waals surface area contributed by atoms with E-state index in [-0.39, 0.29) is 12.4 Å². The monoisotopic (exact) mass is 270 g/mol. The van der Waals surface area contributed by atoms with Crippen molar-refractivity contribution in [2.45, 2.75) is 32.3 Å². The van der Waals surface area contributed by atoms with E-state index in [0.29, 0.717) is 6.61 Å². The fourth-order valence-corrected chi connectivity index (χ4v) is 2.30. The van der Waals surface area contributed by atoms with Gasteiger partial charge in [-0.05, 0) is 56.8 Å². The molecule has 2 heterocycles. The third-order valence-corrected chi connectivity index (χ3v) is 3.34. The lowest BCUT2D eigenvalue weighted by atomic mass is 9.93. The van der Waals surface area contributed by atoms with E-state index < -0.39 is 0 Å². The molecule has 1 aromatic rings. The lowest BCUT2D eigenvalue weighted by Gasteiger charge is -2.22. The van der Waals surface area contributed by atoms with Gasteiger partial charge in [0.15, 0.2) is 0 Å². The summed E-state index contributed by atoms with van der Waals surface area (Å²) in [5, 5.41) is 3.40. The first-order chi connectivity index (χ1) is 8.45. The molecule has 0 unspecified atom stereocenters. The minimum atomic E-state index is 0. The molecule has 18 heavy (non-hydrogen) atoms. The van der Waals surface area contributed by atoms with Gasteiger partial charge < -0.3 is 10.1 Å². The molecule has 4 heteroatoms. The summed E-state index contributed by atoms with van der Waals surface area (Å²) in [5.74, 6) is 0.912. The molecule has 0 bridgehead atoms. The van der Waals surface area contributed by atoms with E-state index in [1.165, 1.54) is 38.8 Å². The van der Waals surface area contributed by atoms with Gasteiger partial charge in [0.2, 0.25) is 0 Å². The fraction of sp³-hybridized carbons (Fsp3) is 0.643. The van der Waals surface area contributed by atoms with E-state index in [1.807, 2.05) is 24.4 Å². The molecule has 0 aromatic carbocycles. The van der Waals surface area contributed by atoms with E-state index in [9.17, 15) is 0 Å². The summed E-state index contributed by atoms with van der Waals surface area (Å²) in [6.07, 6.45) is 6.97. The van der Waals surface area contributed by atoms with Crippen LogP contribution in [0, 0.1) is 5.92 Å². The first kappa shape index (κ1) is 15.4. The van der Waals surface area contributed by atoms with Gasteiger partial charge in [0.25, 0.3) is 0 Å². The molecule has 0 spiro atoms. The molecule has 0 atom stereocenters. The Balaban J connectivity index is 0.00000162. The number of nitrogens with zero attached hydrogens (tertiary/aromatic N) is 1. The van der Waals surface area contributed by atoms with Crippen LogP contribution in [0.15, 0.2) is 24.4 Å². The van der Waals surface area contributed by atoms with Crippen molar-refractivity contribution in [2.24, 2.45) is 5.92 Å². The smallest absolute Gasteiger partial charge is 0.0887 e. The van der Waals surface area contributed by atoms with Crippen molar-refractivity contribution < 1.29 is 4.74 Å². The summed E-state index contributed by atoms with van der Waals surface area (Å²) >= 11 is 0. The van der Waals surface area contributed by atoms with Crippen molar-refractivity contribution in [1.29, 1.82) is 0 Å². The Morgan fingerprint density at radius 3 is 2.83 bits per heavy atom. The largest absolute Gasteiger partial charge is 0.375 e. The maximum Gasteiger partial charge on any atom is 0.0887 e. The molecule has 1 aliphatic heterocycles. The minimum Gasteiger partial charge on any atom is -0.375 e. The van der Waals surface area contributed by atoms with Crippen LogP contribution in [-0.2, 0) is 11.3 Å². The van der Waals surface area contributed by atoms with Crippen molar-refractivity contribution in [3.63, 3.8) is 0 Å². The van der Waals surface area contributed by atoms with E-state index in [1.54, 1.807) is 0 Å². The van der Waals surface area contributed by atoms with Gasteiger partial charge in [-0.3, -0.25) is 4.98 Å². The molecule has 1 N–H and O–H groups in total. The van der Waals surface area contributed by atoms with Crippen LogP contribution in [0.2, 0.25) is 0 Å². The van der Waals surface area contributed by atoms with Crippen molar-refractivity contribution in [2.75, 3.05) is 19.7 Å². The summed E-state index contributed by atoms with van der Waals surface area (Å²) in [7, 11) is 0. The number of piperidine rings is 1. The standard InChI is InChI=1S/C14H22N2O.ClH/c1-2-8-16-14(5-1)12-17-11-3-4-13-6-9-15-10-7-13;/h1-2,5,8,13,15H,3-4,6-7,9-12H2;1H. The van der Waals surface area contributed by atoms with Crippen LogP contribution in [-0.4, -0.2) is 24.7 Å². The van der Waals surface area contributed by atoms with Crippen molar-refractivity contribution >= 4 is 12.4 Å². The Morgan fingerprint density at radius 1 is 1.28 bits per heavy atom. The maximum absolute atomic E-state index is 5.63. The van der Waals surface area contributed by atoms with Gasteiger partial charge in [0, 0.05) is 12.8 Å². The van der Waals surface area contributed by atoms with E-state index in [4.69, 9.17) is 4.74 Å². The van der Waals surface area contributed by atoms with E-state index in [0.717, 1.165) is 18.2 Å². The van der Waals surface area contributed by atoms with Gasteiger partial charge in [-0.1, -0.05) is 6.07 Å². The number of aromatic nitrogens is 1. The average molecular weight is 271 g/mol. The molecule has 0 aliphatic carbocycles. The van der Waals surface area contributed by atoms with Gasteiger partial charge in [0.05, 0.1) is 12.3 Å². The number of hydrogen-bond acceptors (Lipinski definition) is 3. The van der Waals surface area contributed by atoms with Crippen molar-refractivity contribution in [1.82, 2.24) is 10.3 Å². The Bertz CT molecular complexity index is 302. The third-order valence-electron chi connectivity index (χ3n) is 3.34. The topological polar surface area (TPSA) is 34.1 Å². The summed E-state index contributed by atoms with van der Waals surface area (Å²) in [6.45, 7) is 3.90. The molecule has 1 fully saturated rings. The Labute approximate surface area is 116 Å². The lowest BCUT2D eigenvalue weighted by Crippen LogP contribution is -2.27. The molecule has 3 nitrogen and oxygen atoms in total. The summed E-state index contributed by atoms with van der Waals surface area (Å²) in [6, 6.07) is 5.94. The van der Waals surface area contributed by atoms with Crippen LogP contribution in [0.5, 0.6) is 0 Å². The zero-order valence-corrected chi connectivity index (χ0v) is 11.6. The highest BCUT2D eigenvalue weighted by atomic mass is 35.5. The molecule has 1 aliphatic rings. The Morgan fingerprint density at radius 2 is 2.11 bits per heavy atom. The zero-order chi connectivity index (χ0) is 11.8. The van der Waals surface area contributed by atoms with Gasteiger partial charge >= 0.3 is 0 Å². The molecule has 102 valence electrons. The second-order valence-corrected chi connectivity index (χ2v) is 4.71. The predicted molar refractivity (Wildman–Crippen MR) is 76.0 cm³/mol. The first-order valence-electron chi connectivity index (χ1n) is 6.63. The number of ether oxygens (including phenoxy) is 1. The van der Waals surface area contributed by atoms with Crippen LogP contribution < -0.4 is 5.32 Å². The van der Waals surface area contributed by atoms with Gasteiger partial charge in [-0.25, -0.2) is 0 Å². The molecule has 1 aromatic heterocycles. The second-order valence-electron chi connectivity index (χ2n) is 4.71. The lowest BCUT2D eigenvalue weighted by molar-refractivity contribution is 0.110. The number of pyridine rings is 1. The van der Waals surface area contributed by atoms with Crippen LogP contribution in [0.25, 0.3) is 0 Å². The highest BCUT2D eigenvalue weighted by Crippen LogP contribution is 2.17. The zero-order valence-electron chi connectivity index (χ0n) is 10.8. The highest BCUT2D eigenvalue weighted by Gasteiger charge is 2.11. The summed E-state index contributed by atoms with van der Waals surface area (Å²) in [5.41, 5.74) is 1.02.